The number of halogens is 3. The number of rotatable bonds is 4. The van der Waals surface area contributed by atoms with Crippen molar-refractivity contribution in [3.8, 4) is 0 Å². The van der Waals surface area contributed by atoms with Crippen LogP contribution in [-0.4, -0.2) is 17.4 Å². The van der Waals surface area contributed by atoms with Crippen LogP contribution in [0.25, 0.3) is 0 Å². The molecule has 1 amide bonds. The summed E-state index contributed by atoms with van der Waals surface area (Å²) in [5.41, 5.74) is 1.05. The highest BCUT2D eigenvalue weighted by Crippen LogP contribution is 2.24. The molecule has 110 valence electrons. The zero-order valence-corrected chi connectivity index (χ0v) is 14.8. The molecule has 2 N–H and O–H groups in total. The molecular formula is C14H12Cl2IN3O. The summed E-state index contributed by atoms with van der Waals surface area (Å²) in [7, 11) is 0. The number of carbonyl (C=O) groups is 1. The van der Waals surface area contributed by atoms with E-state index in [4.69, 9.17) is 23.2 Å². The lowest BCUT2D eigenvalue weighted by atomic mass is 10.2. The van der Waals surface area contributed by atoms with Crippen molar-refractivity contribution < 1.29 is 4.79 Å². The van der Waals surface area contributed by atoms with Gasteiger partial charge in [0.1, 0.15) is 5.82 Å². The van der Waals surface area contributed by atoms with Crippen LogP contribution in [0.3, 0.4) is 0 Å². The van der Waals surface area contributed by atoms with E-state index < -0.39 is 0 Å². The summed E-state index contributed by atoms with van der Waals surface area (Å²) in [6.07, 6.45) is 1.46. The number of amides is 1. The van der Waals surface area contributed by atoms with Crippen LogP contribution in [0.5, 0.6) is 0 Å². The number of nitrogens with one attached hydrogen (secondary N) is 2. The number of aromatic nitrogens is 1. The highest BCUT2D eigenvalue weighted by atomic mass is 127. The van der Waals surface area contributed by atoms with E-state index in [9.17, 15) is 4.79 Å². The summed E-state index contributed by atoms with van der Waals surface area (Å²) in [5.74, 6) is 0.319. The van der Waals surface area contributed by atoms with E-state index >= 15 is 0 Å². The van der Waals surface area contributed by atoms with Gasteiger partial charge in [-0.15, -0.1) is 0 Å². The third-order valence-corrected chi connectivity index (χ3v) is 4.07. The van der Waals surface area contributed by atoms with Crippen molar-refractivity contribution in [1.82, 2.24) is 4.98 Å². The maximum absolute atomic E-state index is 12.3. The van der Waals surface area contributed by atoms with Gasteiger partial charge in [0.15, 0.2) is 0 Å². The fourth-order valence-corrected chi connectivity index (χ4v) is 2.87. The molecule has 0 saturated heterocycles. The summed E-state index contributed by atoms with van der Waals surface area (Å²) in [4.78, 5) is 16.4. The van der Waals surface area contributed by atoms with E-state index in [0.29, 0.717) is 33.7 Å². The van der Waals surface area contributed by atoms with Gasteiger partial charge in [-0.05, 0) is 53.8 Å². The van der Waals surface area contributed by atoms with Gasteiger partial charge in [-0.1, -0.05) is 23.2 Å². The van der Waals surface area contributed by atoms with Crippen molar-refractivity contribution in [2.75, 3.05) is 17.2 Å². The molecule has 0 fully saturated rings. The number of hydrogen-bond donors (Lipinski definition) is 2. The Balaban J connectivity index is 2.25. The molecule has 7 heteroatoms. The minimum Gasteiger partial charge on any atom is -0.370 e. The van der Waals surface area contributed by atoms with Crippen LogP contribution in [0.15, 0.2) is 30.5 Å². The molecular weight excluding hydrogens is 424 g/mol. The van der Waals surface area contributed by atoms with Crippen molar-refractivity contribution in [2.45, 2.75) is 6.92 Å². The van der Waals surface area contributed by atoms with Crippen molar-refractivity contribution in [1.29, 1.82) is 0 Å². The smallest absolute Gasteiger partial charge is 0.257 e. The van der Waals surface area contributed by atoms with Crippen LogP contribution in [0.1, 0.15) is 17.3 Å². The first-order valence-corrected chi connectivity index (χ1v) is 8.00. The van der Waals surface area contributed by atoms with E-state index in [2.05, 4.69) is 38.2 Å². The van der Waals surface area contributed by atoms with Crippen LogP contribution >= 0.6 is 45.8 Å². The van der Waals surface area contributed by atoms with Crippen LogP contribution in [0, 0.1) is 3.57 Å². The van der Waals surface area contributed by atoms with Gasteiger partial charge in [0, 0.05) is 21.3 Å². The zero-order valence-electron chi connectivity index (χ0n) is 11.1. The standard InChI is InChI=1S/C14H12Cl2IN3O/c1-2-18-13-6-9(10(16)7-19-13)14(21)20-12-4-3-8(15)5-11(12)17/h3-7H,2H2,1H3,(H,18,19)(H,20,21). The second-order valence-corrected chi connectivity index (χ2v) is 6.16. The van der Waals surface area contributed by atoms with E-state index in [0.717, 1.165) is 3.57 Å². The maximum Gasteiger partial charge on any atom is 0.257 e. The molecule has 0 unspecified atom stereocenters. The monoisotopic (exact) mass is 435 g/mol. The van der Waals surface area contributed by atoms with Crippen LogP contribution in [0.2, 0.25) is 10.0 Å². The Morgan fingerprint density at radius 1 is 1.33 bits per heavy atom. The molecule has 2 aromatic rings. The number of benzene rings is 1. The molecule has 0 spiro atoms. The summed E-state index contributed by atoms with van der Waals surface area (Å²) in [6, 6.07) is 6.87. The molecule has 1 heterocycles. The Bertz CT molecular complexity index is 679. The first kappa shape index (κ1) is 16.3. The number of nitrogens with zero attached hydrogens (tertiary/aromatic N) is 1. The lowest BCUT2D eigenvalue weighted by molar-refractivity contribution is 0.102. The fourth-order valence-electron chi connectivity index (χ4n) is 1.67. The second kappa shape index (κ2) is 7.29. The van der Waals surface area contributed by atoms with Crippen LogP contribution in [-0.2, 0) is 0 Å². The SMILES string of the molecule is CCNc1cc(C(=O)Nc2ccc(Cl)cc2I)c(Cl)cn1. The molecule has 1 aromatic carbocycles. The molecule has 0 atom stereocenters. The number of carbonyl (C=O) groups excluding carboxylic acids is 1. The molecule has 0 aliphatic carbocycles. The molecule has 4 nitrogen and oxygen atoms in total. The quantitative estimate of drug-likeness (QED) is 0.685. The first-order chi connectivity index (χ1) is 10.0. The van der Waals surface area contributed by atoms with E-state index in [1.165, 1.54) is 6.20 Å². The van der Waals surface area contributed by atoms with Gasteiger partial charge in [-0.2, -0.15) is 0 Å². The lowest BCUT2D eigenvalue weighted by Gasteiger charge is -2.10. The summed E-state index contributed by atoms with van der Waals surface area (Å²) < 4.78 is 0.852. The Morgan fingerprint density at radius 3 is 2.76 bits per heavy atom. The van der Waals surface area contributed by atoms with E-state index in [1.807, 2.05) is 6.92 Å². The summed E-state index contributed by atoms with van der Waals surface area (Å²) in [5, 5.41) is 6.79. The normalized spacial score (nSPS) is 10.3. The molecule has 0 bridgehead atoms. The van der Waals surface area contributed by atoms with Gasteiger partial charge in [-0.25, -0.2) is 4.98 Å². The molecule has 2 rings (SSSR count). The van der Waals surface area contributed by atoms with Crippen molar-refractivity contribution in [3.63, 3.8) is 0 Å². The number of pyridine rings is 1. The Kier molecular flexibility index (Phi) is 5.66. The van der Waals surface area contributed by atoms with Gasteiger partial charge >= 0.3 is 0 Å². The van der Waals surface area contributed by atoms with Crippen LogP contribution in [0.4, 0.5) is 11.5 Å². The third kappa shape index (κ3) is 4.21. The first-order valence-electron chi connectivity index (χ1n) is 6.17. The Hall–Kier alpha value is -1.05. The minimum atomic E-state index is -0.290. The molecule has 0 saturated carbocycles. The predicted octanol–water partition coefficient (Wildman–Crippen LogP) is 4.68. The Labute approximate surface area is 146 Å². The number of hydrogen-bond acceptors (Lipinski definition) is 3. The van der Waals surface area contributed by atoms with E-state index in [-0.39, 0.29) is 5.91 Å². The largest absolute Gasteiger partial charge is 0.370 e. The van der Waals surface area contributed by atoms with Crippen LogP contribution < -0.4 is 10.6 Å². The third-order valence-electron chi connectivity index (χ3n) is 2.64. The summed E-state index contributed by atoms with van der Waals surface area (Å²) in [6.45, 7) is 2.66. The minimum absolute atomic E-state index is 0.290. The topological polar surface area (TPSA) is 54.0 Å². The lowest BCUT2D eigenvalue weighted by Crippen LogP contribution is -2.14. The van der Waals surface area contributed by atoms with Gasteiger partial charge in [0.25, 0.3) is 5.91 Å². The molecule has 0 radical (unpaired) electrons. The highest BCUT2D eigenvalue weighted by Gasteiger charge is 2.13. The molecule has 0 aliphatic rings. The van der Waals surface area contributed by atoms with Gasteiger partial charge in [0.2, 0.25) is 0 Å². The van der Waals surface area contributed by atoms with Crippen molar-refractivity contribution >= 4 is 63.2 Å². The van der Waals surface area contributed by atoms with Crippen molar-refractivity contribution in [3.05, 3.63) is 49.6 Å². The summed E-state index contributed by atoms with van der Waals surface area (Å²) >= 11 is 14.1. The van der Waals surface area contributed by atoms with Crippen molar-refractivity contribution in [2.24, 2.45) is 0 Å². The van der Waals surface area contributed by atoms with Gasteiger partial charge < -0.3 is 10.6 Å². The van der Waals surface area contributed by atoms with E-state index in [1.54, 1.807) is 24.3 Å². The maximum atomic E-state index is 12.3. The highest BCUT2D eigenvalue weighted by molar-refractivity contribution is 14.1. The molecule has 21 heavy (non-hydrogen) atoms. The second-order valence-electron chi connectivity index (χ2n) is 4.16. The average Bonchev–Trinajstić information content (AvgIpc) is 2.44. The van der Waals surface area contributed by atoms with Gasteiger partial charge in [0.05, 0.1) is 16.3 Å². The zero-order chi connectivity index (χ0) is 15.4. The Morgan fingerprint density at radius 2 is 2.10 bits per heavy atom. The molecule has 1 aromatic heterocycles. The predicted molar refractivity (Wildman–Crippen MR) is 95.5 cm³/mol. The van der Waals surface area contributed by atoms with Gasteiger partial charge in [-0.3, -0.25) is 4.79 Å². The molecule has 0 aliphatic heterocycles. The fraction of sp³-hybridized carbons (Fsp3) is 0.143. The average molecular weight is 436 g/mol. The number of anilines is 2.